The van der Waals surface area contributed by atoms with Crippen LogP contribution in [0.4, 0.5) is 13.2 Å². The Morgan fingerprint density at radius 2 is 1.94 bits per heavy atom. The van der Waals surface area contributed by atoms with Crippen LogP contribution >= 0.6 is 11.3 Å². The first-order valence-corrected chi connectivity index (χ1v) is 11.1. The van der Waals surface area contributed by atoms with Crippen molar-refractivity contribution >= 4 is 22.2 Å². The number of thiazole rings is 1. The topological polar surface area (TPSA) is 81.3 Å². The number of hydrogen-bond donors (Lipinski definition) is 1. The Kier molecular flexibility index (Phi) is 4.68. The van der Waals surface area contributed by atoms with Crippen molar-refractivity contribution in [1.29, 1.82) is 0 Å². The highest BCUT2D eigenvalue weighted by molar-refractivity contribution is 7.17. The lowest BCUT2D eigenvalue weighted by Crippen LogP contribution is -2.28. The van der Waals surface area contributed by atoms with Crippen LogP contribution < -0.4 is 10.9 Å². The highest BCUT2D eigenvalue weighted by Gasteiger charge is 2.38. The van der Waals surface area contributed by atoms with Crippen molar-refractivity contribution < 1.29 is 18.0 Å². The lowest BCUT2D eigenvalue weighted by Gasteiger charge is -2.07. The van der Waals surface area contributed by atoms with Gasteiger partial charge in [-0.2, -0.15) is 18.3 Å². The molecule has 1 N–H and O–H groups in total. The van der Waals surface area contributed by atoms with Gasteiger partial charge in [0.25, 0.3) is 11.5 Å². The summed E-state index contributed by atoms with van der Waals surface area (Å²) in [4.78, 5) is 31.3. The van der Waals surface area contributed by atoms with E-state index in [1.807, 2.05) is 0 Å². The van der Waals surface area contributed by atoms with Gasteiger partial charge in [0.15, 0.2) is 10.7 Å². The summed E-state index contributed by atoms with van der Waals surface area (Å²) in [5, 5.41) is 6.49. The molecule has 2 fully saturated rings. The summed E-state index contributed by atoms with van der Waals surface area (Å²) in [6.07, 6.45) is -0.966. The number of carbonyl (C=O) groups is 1. The zero-order valence-corrected chi connectivity index (χ0v) is 17.5. The van der Waals surface area contributed by atoms with E-state index in [1.165, 1.54) is 26.5 Å². The van der Waals surface area contributed by atoms with Gasteiger partial charge in [-0.25, -0.2) is 9.38 Å². The standard InChI is InChI=1S/C20H20F3N5O2S/c1-2-24-18(30)16-17(11-5-6-11)31-19-25-12(7-15(29)28(16)19)9-27-13(10-3-4-10)8-14(26-27)20(21,22)23/h7-8,10-11H,2-6,9H2,1H3,(H,24,30). The smallest absolute Gasteiger partial charge is 0.351 e. The SMILES string of the molecule is CCNC(=O)c1c(C2CC2)sc2nc(Cn3nc(C(F)(F)F)cc3C3CC3)cc(=O)n12. The van der Waals surface area contributed by atoms with Gasteiger partial charge in [-0.1, -0.05) is 0 Å². The van der Waals surface area contributed by atoms with E-state index in [4.69, 9.17) is 0 Å². The van der Waals surface area contributed by atoms with Crippen molar-refractivity contribution in [2.24, 2.45) is 0 Å². The monoisotopic (exact) mass is 451 g/mol. The maximum atomic E-state index is 13.2. The van der Waals surface area contributed by atoms with Gasteiger partial charge >= 0.3 is 6.18 Å². The molecule has 164 valence electrons. The Hall–Kier alpha value is -2.69. The number of alkyl halides is 3. The number of hydrogen-bond acceptors (Lipinski definition) is 5. The van der Waals surface area contributed by atoms with E-state index in [0.717, 1.165) is 36.6 Å². The quantitative estimate of drug-likeness (QED) is 0.622. The molecule has 5 rings (SSSR count). The van der Waals surface area contributed by atoms with Crippen molar-refractivity contribution in [2.75, 3.05) is 6.54 Å². The normalized spacial score (nSPS) is 16.8. The number of fused-ring (bicyclic) bond motifs is 1. The second kappa shape index (κ2) is 7.18. The third-order valence-electron chi connectivity index (χ3n) is 5.51. The summed E-state index contributed by atoms with van der Waals surface area (Å²) in [6.45, 7) is 2.21. The summed E-state index contributed by atoms with van der Waals surface area (Å²) in [6, 6.07) is 2.37. The van der Waals surface area contributed by atoms with E-state index in [-0.39, 0.29) is 24.3 Å². The van der Waals surface area contributed by atoms with Crippen molar-refractivity contribution in [1.82, 2.24) is 24.5 Å². The van der Waals surface area contributed by atoms with E-state index in [2.05, 4.69) is 15.4 Å². The van der Waals surface area contributed by atoms with Gasteiger partial charge in [0.05, 0.1) is 12.2 Å². The molecule has 3 heterocycles. The van der Waals surface area contributed by atoms with Crippen LogP contribution in [-0.4, -0.2) is 31.6 Å². The predicted octanol–water partition coefficient (Wildman–Crippen LogP) is 3.52. The number of aromatic nitrogens is 4. The first kappa shape index (κ1) is 20.2. The van der Waals surface area contributed by atoms with Crippen LogP contribution in [0.2, 0.25) is 0 Å². The van der Waals surface area contributed by atoms with E-state index < -0.39 is 17.4 Å². The van der Waals surface area contributed by atoms with Crippen molar-refractivity contribution in [3.63, 3.8) is 0 Å². The molecule has 0 spiro atoms. The first-order chi connectivity index (χ1) is 14.8. The fourth-order valence-corrected chi connectivity index (χ4v) is 5.07. The molecule has 0 atom stereocenters. The molecule has 3 aromatic rings. The van der Waals surface area contributed by atoms with Gasteiger partial charge in [0.2, 0.25) is 0 Å². The highest BCUT2D eigenvalue weighted by Crippen LogP contribution is 2.45. The van der Waals surface area contributed by atoms with E-state index in [1.54, 1.807) is 6.92 Å². The molecule has 2 aliphatic rings. The van der Waals surface area contributed by atoms with Gasteiger partial charge in [-0.05, 0) is 44.6 Å². The van der Waals surface area contributed by atoms with Gasteiger partial charge in [-0.15, -0.1) is 11.3 Å². The molecule has 0 saturated heterocycles. The fourth-order valence-electron chi connectivity index (χ4n) is 3.76. The molecular weight excluding hydrogens is 431 g/mol. The molecule has 3 aromatic heterocycles. The lowest BCUT2D eigenvalue weighted by molar-refractivity contribution is -0.141. The van der Waals surface area contributed by atoms with Gasteiger partial charge in [0.1, 0.15) is 5.69 Å². The molecule has 0 bridgehead atoms. The van der Waals surface area contributed by atoms with Crippen molar-refractivity contribution in [3.8, 4) is 0 Å². The number of nitrogens with zero attached hydrogens (tertiary/aromatic N) is 4. The van der Waals surface area contributed by atoms with Gasteiger partial charge in [-0.3, -0.25) is 14.3 Å². The maximum Gasteiger partial charge on any atom is 0.435 e. The van der Waals surface area contributed by atoms with Crippen LogP contribution in [0.5, 0.6) is 0 Å². The molecule has 1 amide bonds. The zero-order chi connectivity index (χ0) is 21.9. The summed E-state index contributed by atoms with van der Waals surface area (Å²) in [5.74, 6) is -0.0136. The van der Waals surface area contributed by atoms with Gasteiger partial charge < -0.3 is 5.32 Å². The van der Waals surface area contributed by atoms with Crippen LogP contribution in [0.3, 0.4) is 0 Å². The summed E-state index contributed by atoms with van der Waals surface area (Å²) >= 11 is 1.30. The third kappa shape index (κ3) is 3.75. The van der Waals surface area contributed by atoms with Crippen LogP contribution in [-0.2, 0) is 12.7 Å². The van der Waals surface area contributed by atoms with Crippen molar-refractivity contribution in [2.45, 2.75) is 57.2 Å². The Morgan fingerprint density at radius 3 is 2.55 bits per heavy atom. The Morgan fingerprint density at radius 1 is 1.23 bits per heavy atom. The third-order valence-corrected chi connectivity index (χ3v) is 6.71. The molecule has 0 aromatic carbocycles. The molecule has 31 heavy (non-hydrogen) atoms. The van der Waals surface area contributed by atoms with Crippen LogP contribution in [0.25, 0.3) is 4.96 Å². The number of carbonyl (C=O) groups excluding carboxylic acids is 1. The molecule has 2 saturated carbocycles. The minimum atomic E-state index is -4.53. The van der Waals surface area contributed by atoms with Crippen LogP contribution in [0, 0.1) is 0 Å². The molecule has 7 nitrogen and oxygen atoms in total. The average Bonchev–Trinajstić information content (AvgIpc) is 3.62. The average molecular weight is 451 g/mol. The number of nitrogens with one attached hydrogen (secondary N) is 1. The number of amides is 1. The molecule has 0 radical (unpaired) electrons. The minimum absolute atomic E-state index is 0.0270. The Labute approximate surface area is 178 Å². The first-order valence-electron chi connectivity index (χ1n) is 10.2. The predicted molar refractivity (Wildman–Crippen MR) is 108 cm³/mol. The van der Waals surface area contributed by atoms with E-state index >= 15 is 0 Å². The fraction of sp³-hybridized carbons (Fsp3) is 0.500. The molecule has 2 aliphatic carbocycles. The van der Waals surface area contributed by atoms with E-state index in [9.17, 15) is 22.8 Å². The molecule has 0 unspecified atom stereocenters. The minimum Gasteiger partial charge on any atom is -0.351 e. The van der Waals surface area contributed by atoms with E-state index in [0.29, 0.717) is 28.6 Å². The summed E-state index contributed by atoms with van der Waals surface area (Å²) in [5.41, 5.74) is -0.180. The Balaban J connectivity index is 1.56. The maximum absolute atomic E-state index is 13.2. The van der Waals surface area contributed by atoms with Crippen LogP contribution in [0.1, 0.15) is 76.9 Å². The number of rotatable bonds is 6. The van der Waals surface area contributed by atoms with Gasteiger partial charge in [0, 0.05) is 29.1 Å². The summed E-state index contributed by atoms with van der Waals surface area (Å²) in [7, 11) is 0. The molecular formula is C20H20F3N5O2S. The second-order valence-electron chi connectivity index (χ2n) is 8.04. The molecule has 11 heteroatoms. The largest absolute Gasteiger partial charge is 0.435 e. The highest BCUT2D eigenvalue weighted by atomic mass is 32.1. The second-order valence-corrected chi connectivity index (χ2v) is 9.05. The number of halogens is 3. The van der Waals surface area contributed by atoms with Crippen LogP contribution in [0.15, 0.2) is 16.9 Å². The Bertz CT molecular complexity index is 1230. The zero-order valence-electron chi connectivity index (χ0n) is 16.7. The lowest BCUT2D eigenvalue weighted by atomic mass is 10.2. The molecule has 0 aliphatic heterocycles. The summed E-state index contributed by atoms with van der Waals surface area (Å²) < 4.78 is 42.1. The van der Waals surface area contributed by atoms with Crippen molar-refractivity contribution in [3.05, 3.63) is 50.1 Å².